The molecule has 1 unspecified atom stereocenters. The van der Waals surface area contributed by atoms with Crippen LogP contribution in [0.1, 0.15) is 29.6 Å². The van der Waals surface area contributed by atoms with Crippen LogP contribution < -0.4 is 11.1 Å². The second kappa shape index (κ2) is 7.25. The van der Waals surface area contributed by atoms with E-state index in [0.29, 0.717) is 18.5 Å². The van der Waals surface area contributed by atoms with Crippen LogP contribution in [0.25, 0.3) is 0 Å². The number of carbonyl (C=O) groups excluding carboxylic acids is 2. The maximum absolute atomic E-state index is 13.1. The van der Waals surface area contributed by atoms with Gasteiger partial charge in [-0.25, -0.2) is 4.39 Å². The molecule has 7 nitrogen and oxygen atoms in total. The summed E-state index contributed by atoms with van der Waals surface area (Å²) in [5, 5.41) is 7.32. The van der Waals surface area contributed by atoms with E-state index in [1.165, 1.54) is 24.3 Å². The topological polar surface area (TPSA) is 93.2 Å². The number of benzene rings is 1. The lowest BCUT2D eigenvalue weighted by Gasteiger charge is -2.25. The molecule has 3 N–H and O–H groups in total. The van der Waals surface area contributed by atoms with Crippen molar-refractivity contribution in [3.63, 3.8) is 0 Å². The minimum Gasteiger partial charge on any atom is -0.368 e. The van der Waals surface area contributed by atoms with E-state index in [1.54, 1.807) is 22.8 Å². The van der Waals surface area contributed by atoms with Gasteiger partial charge in [0.2, 0.25) is 11.8 Å². The van der Waals surface area contributed by atoms with Crippen LogP contribution in [0, 0.1) is 11.7 Å². The van der Waals surface area contributed by atoms with Crippen molar-refractivity contribution < 1.29 is 14.0 Å². The quantitative estimate of drug-likeness (QED) is 0.801. The number of halogens is 1. The van der Waals surface area contributed by atoms with Crippen molar-refractivity contribution in [1.82, 2.24) is 20.0 Å². The molecule has 1 saturated heterocycles. The van der Waals surface area contributed by atoms with E-state index in [1.807, 2.05) is 13.2 Å². The van der Waals surface area contributed by atoms with Gasteiger partial charge in [0.05, 0.1) is 12.2 Å². The summed E-state index contributed by atoms with van der Waals surface area (Å²) >= 11 is 0. The Labute approximate surface area is 151 Å². The van der Waals surface area contributed by atoms with E-state index in [0.717, 1.165) is 5.56 Å². The number of aromatic nitrogens is 2. The highest BCUT2D eigenvalue weighted by molar-refractivity contribution is 5.81. The number of hydrogen-bond donors (Lipinski definition) is 2. The number of nitrogens with two attached hydrogens (primary N) is 1. The maximum atomic E-state index is 13.1. The molecular formula is C18H22FN5O2. The first-order valence-electron chi connectivity index (χ1n) is 8.39. The molecule has 2 heterocycles. The van der Waals surface area contributed by atoms with Gasteiger partial charge in [-0.3, -0.25) is 14.3 Å². The number of likely N-dealkylation sites (tertiary alicyclic amines) is 1. The van der Waals surface area contributed by atoms with Crippen molar-refractivity contribution in [2.45, 2.75) is 18.5 Å². The average molecular weight is 359 g/mol. The molecule has 0 radical (unpaired) electrons. The average Bonchev–Trinajstić information content (AvgIpc) is 3.13. The number of nitrogens with zero attached hydrogens (tertiary/aromatic N) is 3. The van der Waals surface area contributed by atoms with Crippen LogP contribution in [0.3, 0.4) is 0 Å². The lowest BCUT2D eigenvalue weighted by atomic mass is 9.95. The van der Waals surface area contributed by atoms with E-state index in [4.69, 9.17) is 5.73 Å². The SMILES string of the molecule is CN1C(=O)C[C@@H](CNC(C(N)=O)c2ccc(F)cc2)[C@@H]1c1cnn(C)c1. The van der Waals surface area contributed by atoms with E-state index in [9.17, 15) is 14.0 Å². The highest BCUT2D eigenvalue weighted by atomic mass is 19.1. The molecule has 2 amide bonds. The van der Waals surface area contributed by atoms with E-state index < -0.39 is 11.9 Å². The molecule has 26 heavy (non-hydrogen) atoms. The van der Waals surface area contributed by atoms with Gasteiger partial charge >= 0.3 is 0 Å². The normalized spacial score (nSPS) is 21.2. The highest BCUT2D eigenvalue weighted by Crippen LogP contribution is 2.36. The number of rotatable bonds is 6. The Bertz CT molecular complexity index is 804. The fourth-order valence-corrected chi connectivity index (χ4v) is 3.53. The second-order valence-electron chi connectivity index (χ2n) is 6.66. The Morgan fingerprint density at radius 3 is 2.65 bits per heavy atom. The first-order chi connectivity index (χ1) is 12.4. The molecule has 0 aliphatic carbocycles. The summed E-state index contributed by atoms with van der Waals surface area (Å²) in [7, 11) is 3.59. The molecule has 1 aromatic heterocycles. The van der Waals surface area contributed by atoms with Crippen molar-refractivity contribution in [1.29, 1.82) is 0 Å². The third kappa shape index (κ3) is 3.60. The van der Waals surface area contributed by atoms with E-state index in [-0.39, 0.29) is 23.7 Å². The Morgan fingerprint density at radius 1 is 1.38 bits per heavy atom. The van der Waals surface area contributed by atoms with Crippen LogP contribution in [0.5, 0.6) is 0 Å². The largest absolute Gasteiger partial charge is 0.368 e. The molecule has 2 aromatic rings. The van der Waals surface area contributed by atoms with Gasteiger partial charge in [0, 0.05) is 44.7 Å². The second-order valence-corrected chi connectivity index (χ2v) is 6.66. The van der Waals surface area contributed by atoms with Crippen LogP contribution in [0.2, 0.25) is 0 Å². The van der Waals surface area contributed by atoms with Gasteiger partial charge in [-0.2, -0.15) is 5.10 Å². The van der Waals surface area contributed by atoms with Crippen molar-refractivity contribution in [3.05, 3.63) is 53.6 Å². The molecule has 1 aliphatic heterocycles. The van der Waals surface area contributed by atoms with Crippen LogP contribution >= 0.6 is 0 Å². The summed E-state index contributed by atoms with van der Waals surface area (Å²) in [5.74, 6) is -0.911. The van der Waals surface area contributed by atoms with Gasteiger partial charge in [-0.1, -0.05) is 12.1 Å². The minimum atomic E-state index is -0.744. The Morgan fingerprint density at radius 2 is 2.08 bits per heavy atom. The summed E-state index contributed by atoms with van der Waals surface area (Å²) in [6.07, 6.45) is 4.01. The van der Waals surface area contributed by atoms with Gasteiger partial charge in [-0.05, 0) is 17.7 Å². The molecule has 3 rings (SSSR count). The summed E-state index contributed by atoms with van der Waals surface area (Å²) in [6.45, 7) is 0.417. The zero-order valence-electron chi connectivity index (χ0n) is 14.7. The van der Waals surface area contributed by atoms with Crippen molar-refractivity contribution in [2.75, 3.05) is 13.6 Å². The van der Waals surface area contributed by atoms with Crippen LogP contribution in [-0.4, -0.2) is 40.1 Å². The van der Waals surface area contributed by atoms with Gasteiger partial charge in [0.25, 0.3) is 0 Å². The molecule has 3 atom stereocenters. The molecule has 1 aliphatic rings. The fraction of sp³-hybridized carbons (Fsp3) is 0.389. The highest BCUT2D eigenvalue weighted by Gasteiger charge is 2.39. The fourth-order valence-electron chi connectivity index (χ4n) is 3.53. The molecule has 138 valence electrons. The van der Waals surface area contributed by atoms with Crippen molar-refractivity contribution >= 4 is 11.8 Å². The van der Waals surface area contributed by atoms with Crippen molar-refractivity contribution in [3.8, 4) is 0 Å². The number of hydrogen-bond acceptors (Lipinski definition) is 4. The third-order valence-electron chi connectivity index (χ3n) is 4.83. The van der Waals surface area contributed by atoms with Gasteiger partial charge in [-0.15, -0.1) is 0 Å². The number of amides is 2. The van der Waals surface area contributed by atoms with Gasteiger partial charge in [0.1, 0.15) is 11.9 Å². The number of primary amides is 1. The molecule has 0 bridgehead atoms. The predicted molar refractivity (Wildman–Crippen MR) is 93.2 cm³/mol. The first-order valence-corrected chi connectivity index (χ1v) is 8.39. The standard InChI is InChI=1S/C18H22FN5O2/c1-23-10-13(9-22-23)17-12(7-15(25)24(17)2)8-21-16(18(20)26)11-3-5-14(19)6-4-11/h3-6,9-10,12,16-17,21H,7-8H2,1-2H3,(H2,20,26)/t12-,16?,17+/m0/s1. The van der Waals surface area contributed by atoms with Crippen LogP contribution in [-0.2, 0) is 16.6 Å². The molecular weight excluding hydrogens is 337 g/mol. The Balaban J connectivity index is 1.76. The predicted octanol–water partition coefficient (Wildman–Crippen LogP) is 0.895. The number of carbonyl (C=O) groups is 2. The number of nitrogens with one attached hydrogen (secondary N) is 1. The molecule has 0 saturated carbocycles. The summed E-state index contributed by atoms with van der Waals surface area (Å²) in [6, 6.07) is 4.78. The third-order valence-corrected chi connectivity index (χ3v) is 4.83. The lowest BCUT2D eigenvalue weighted by Crippen LogP contribution is -2.37. The maximum Gasteiger partial charge on any atom is 0.239 e. The summed E-state index contributed by atoms with van der Waals surface area (Å²) < 4.78 is 14.8. The Hall–Kier alpha value is -2.74. The monoisotopic (exact) mass is 359 g/mol. The zero-order chi connectivity index (χ0) is 18.8. The molecule has 0 spiro atoms. The van der Waals surface area contributed by atoms with Gasteiger partial charge < -0.3 is 16.0 Å². The molecule has 8 heteroatoms. The lowest BCUT2D eigenvalue weighted by molar-refractivity contribution is -0.127. The van der Waals surface area contributed by atoms with Crippen molar-refractivity contribution in [2.24, 2.45) is 18.7 Å². The Kier molecular flexibility index (Phi) is 5.03. The smallest absolute Gasteiger partial charge is 0.239 e. The number of aryl methyl sites for hydroxylation is 1. The summed E-state index contributed by atoms with van der Waals surface area (Å²) in [5.41, 5.74) is 7.05. The van der Waals surface area contributed by atoms with E-state index >= 15 is 0 Å². The zero-order valence-corrected chi connectivity index (χ0v) is 14.7. The first kappa shape index (κ1) is 18.1. The minimum absolute atomic E-state index is 0.0287. The van der Waals surface area contributed by atoms with Crippen LogP contribution in [0.4, 0.5) is 4.39 Å². The van der Waals surface area contributed by atoms with Gasteiger partial charge in [0.15, 0.2) is 0 Å². The van der Waals surface area contributed by atoms with Crippen LogP contribution in [0.15, 0.2) is 36.7 Å². The van der Waals surface area contributed by atoms with E-state index in [2.05, 4.69) is 10.4 Å². The molecule has 1 aromatic carbocycles. The molecule has 1 fully saturated rings. The summed E-state index contributed by atoms with van der Waals surface area (Å²) in [4.78, 5) is 25.8.